The molecule has 2 amide bonds. The van der Waals surface area contributed by atoms with Gasteiger partial charge in [-0.05, 0) is 73.7 Å². The molecular formula is C32H33N5O4. The number of nitrogens with zero attached hydrogens (tertiary/aromatic N) is 3. The third kappa shape index (κ3) is 5.85. The Bertz CT molecular complexity index is 1510. The smallest absolute Gasteiger partial charge is 0.270 e. The van der Waals surface area contributed by atoms with Gasteiger partial charge in [0.2, 0.25) is 5.91 Å². The van der Waals surface area contributed by atoms with Gasteiger partial charge in [0.1, 0.15) is 0 Å². The van der Waals surface area contributed by atoms with E-state index in [4.69, 9.17) is 0 Å². The Hall–Kier alpha value is -4.50. The van der Waals surface area contributed by atoms with Crippen LogP contribution in [0.15, 0.2) is 66.7 Å². The summed E-state index contributed by atoms with van der Waals surface area (Å²) in [7, 11) is 0. The summed E-state index contributed by atoms with van der Waals surface area (Å²) in [5, 5.41) is 17.9. The van der Waals surface area contributed by atoms with E-state index in [9.17, 15) is 19.7 Å². The van der Waals surface area contributed by atoms with Crippen LogP contribution in [0.25, 0.3) is 11.3 Å². The number of amides is 2. The van der Waals surface area contributed by atoms with Gasteiger partial charge in [0.25, 0.3) is 11.6 Å². The van der Waals surface area contributed by atoms with Crippen LogP contribution in [0.2, 0.25) is 0 Å². The van der Waals surface area contributed by atoms with Crippen molar-refractivity contribution in [2.24, 2.45) is 0 Å². The first-order chi connectivity index (χ1) is 19.9. The lowest BCUT2D eigenvalue weighted by molar-refractivity contribution is -0.384. The summed E-state index contributed by atoms with van der Waals surface area (Å²) in [4.78, 5) is 40.7. The Labute approximate surface area is 239 Å². The molecular weight excluding hydrogens is 518 g/mol. The van der Waals surface area contributed by atoms with Crippen LogP contribution in [0, 0.1) is 10.1 Å². The van der Waals surface area contributed by atoms with Gasteiger partial charge in [0.05, 0.1) is 16.2 Å². The van der Waals surface area contributed by atoms with E-state index in [1.54, 1.807) is 6.07 Å². The lowest BCUT2D eigenvalue weighted by Crippen LogP contribution is -2.26. The van der Waals surface area contributed by atoms with Crippen LogP contribution in [0.3, 0.4) is 0 Å². The monoisotopic (exact) mass is 551 g/mol. The number of nitrogens with one attached hydrogen (secondary N) is 2. The van der Waals surface area contributed by atoms with E-state index in [0.29, 0.717) is 35.5 Å². The van der Waals surface area contributed by atoms with E-state index in [0.717, 1.165) is 55.8 Å². The molecule has 0 unspecified atom stereocenters. The number of fused-ring (bicyclic) bond motifs is 1. The molecule has 6 rings (SSSR count). The first-order valence-corrected chi connectivity index (χ1v) is 14.2. The van der Waals surface area contributed by atoms with Crippen molar-refractivity contribution in [2.45, 2.75) is 38.6 Å². The molecule has 2 fully saturated rings. The maximum Gasteiger partial charge on any atom is 0.270 e. The Morgan fingerprint density at radius 3 is 2.32 bits per heavy atom. The Morgan fingerprint density at radius 1 is 0.902 bits per heavy atom. The zero-order valence-corrected chi connectivity index (χ0v) is 22.9. The summed E-state index contributed by atoms with van der Waals surface area (Å²) in [5.41, 5.74) is 5.84. The van der Waals surface area contributed by atoms with E-state index in [1.165, 1.54) is 30.5 Å². The highest BCUT2D eigenvalue weighted by Crippen LogP contribution is 2.39. The van der Waals surface area contributed by atoms with E-state index in [2.05, 4.69) is 27.7 Å². The Balaban J connectivity index is 1.32. The highest BCUT2D eigenvalue weighted by molar-refractivity contribution is 6.37. The van der Waals surface area contributed by atoms with Gasteiger partial charge in [-0.3, -0.25) is 24.6 Å². The molecule has 0 spiro atoms. The average molecular weight is 552 g/mol. The van der Waals surface area contributed by atoms with Crippen LogP contribution in [0.4, 0.5) is 17.1 Å². The highest BCUT2D eigenvalue weighted by atomic mass is 16.6. The molecule has 9 nitrogen and oxygen atoms in total. The van der Waals surface area contributed by atoms with Crippen molar-refractivity contribution >= 4 is 40.1 Å². The highest BCUT2D eigenvalue weighted by Gasteiger charge is 2.30. The minimum atomic E-state index is -0.452. The number of hydrogen-bond donors (Lipinski definition) is 2. The molecule has 3 heterocycles. The predicted molar refractivity (Wildman–Crippen MR) is 159 cm³/mol. The topological polar surface area (TPSA) is 108 Å². The number of nitro groups is 1. The molecule has 0 aliphatic carbocycles. The molecule has 2 N–H and O–H groups in total. The van der Waals surface area contributed by atoms with Crippen LogP contribution in [0.5, 0.6) is 0 Å². The van der Waals surface area contributed by atoms with Gasteiger partial charge in [0.15, 0.2) is 0 Å². The lowest BCUT2D eigenvalue weighted by atomic mass is 9.98. The van der Waals surface area contributed by atoms with Crippen molar-refractivity contribution in [3.8, 4) is 0 Å². The zero-order valence-electron chi connectivity index (χ0n) is 22.9. The molecule has 0 aromatic heterocycles. The SMILES string of the molecule is O=C1Nc2ccc([N+](=O)[O-])cc2C1=C(Nc1ccc(CN2CCCC2)cc1)c1ccc(CCN2CCCC2=O)cc1. The van der Waals surface area contributed by atoms with Crippen molar-refractivity contribution in [2.75, 3.05) is 36.8 Å². The average Bonchev–Trinajstić information content (AvgIpc) is 3.71. The number of carbonyl (C=O) groups excluding carboxylic acids is 2. The molecule has 3 aliphatic heterocycles. The molecule has 0 atom stereocenters. The summed E-state index contributed by atoms with van der Waals surface area (Å²) < 4.78 is 0. The van der Waals surface area contributed by atoms with Crippen molar-refractivity contribution in [3.63, 3.8) is 0 Å². The van der Waals surface area contributed by atoms with Gasteiger partial charge in [-0.1, -0.05) is 36.4 Å². The molecule has 3 aromatic rings. The Kier molecular flexibility index (Phi) is 7.52. The fourth-order valence-corrected chi connectivity index (χ4v) is 5.88. The molecule has 0 radical (unpaired) electrons. The lowest BCUT2D eigenvalue weighted by Gasteiger charge is -2.18. The van der Waals surface area contributed by atoms with Crippen LogP contribution < -0.4 is 10.6 Å². The summed E-state index contributed by atoms with van der Waals surface area (Å²) in [6.45, 7) is 4.67. The summed E-state index contributed by atoms with van der Waals surface area (Å²) >= 11 is 0. The Morgan fingerprint density at radius 2 is 1.63 bits per heavy atom. The fourth-order valence-electron chi connectivity index (χ4n) is 5.88. The van der Waals surface area contributed by atoms with Gasteiger partial charge in [-0.25, -0.2) is 0 Å². The number of nitro benzene ring substituents is 1. The van der Waals surface area contributed by atoms with Gasteiger partial charge >= 0.3 is 0 Å². The molecule has 210 valence electrons. The third-order valence-corrected chi connectivity index (χ3v) is 8.12. The minimum absolute atomic E-state index is 0.0739. The third-order valence-electron chi connectivity index (χ3n) is 8.12. The molecule has 2 saturated heterocycles. The summed E-state index contributed by atoms with van der Waals surface area (Å²) in [6, 6.07) is 20.6. The summed E-state index contributed by atoms with van der Waals surface area (Å²) in [6.07, 6.45) is 4.78. The maximum absolute atomic E-state index is 13.3. The van der Waals surface area contributed by atoms with Crippen LogP contribution >= 0.6 is 0 Å². The predicted octanol–water partition coefficient (Wildman–Crippen LogP) is 5.29. The normalized spacial score (nSPS) is 18.0. The number of rotatable bonds is 9. The first kappa shape index (κ1) is 26.7. The molecule has 0 saturated carbocycles. The van der Waals surface area contributed by atoms with E-state index in [-0.39, 0.29) is 17.5 Å². The maximum atomic E-state index is 13.3. The van der Waals surface area contributed by atoms with Crippen molar-refractivity contribution in [1.29, 1.82) is 0 Å². The number of anilines is 2. The largest absolute Gasteiger partial charge is 0.354 e. The van der Waals surface area contributed by atoms with Crippen molar-refractivity contribution < 1.29 is 14.5 Å². The van der Waals surface area contributed by atoms with Crippen molar-refractivity contribution in [1.82, 2.24) is 9.80 Å². The fraction of sp³-hybridized carbons (Fsp3) is 0.312. The molecule has 9 heteroatoms. The van der Waals surface area contributed by atoms with Gasteiger partial charge < -0.3 is 15.5 Å². The zero-order chi connectivity index (χ0) is 28.3. The molecule has 0 bridgehead atoms. The molecule has 3 aromatic carbocycles. The first-order valence-electron chi connectivity index (χ1n) is 14.2. The van der Waals surface area contributed by atoms with Gasteiger partial charge in [-0.2, -0.15) is 0 Å². The van der Waals surface area contributed by atoms with Gasteiger partial charge in [0, 0.05) is 55.1 Å². The number of non-ortho nitro benzene ring substituents is 1. The van der Waals surface area contributed by atoms with E-state index < -0.39 is 4.92 Å². The molecule has 3 aliphatic rings. The second-order valence-corrected chi connectivity index (χ2v) is 10.9. The number of hydrogen-bond acceptors (Lipinski definition) is 6. The summed E-state index contributed by atoms with van der Waals surface area (Å²) in [5.74, 6) is -0.102. The number of likely N-dealkylation sites (tertiary alicyclic amines) is 2. The minimum Gasteiger partial charge on any atom is -0.354 e. The quantitative estimate of drug-likeness (QED) is 0.213. The van der Waals surface area contributed by atoms with Crippen LogP contribution in [0.1, 0.15) is 47.9 Å². The second kappa shape index (κ2) is 11.5. The number of carbonyl (C=O) groups is 2. The van der Waals surface area contributed by atoms with Crippen molar-refractivity contribution in [3.05, 3.63) is 99.1 Å². The second-order valence-electron chi connectivity index (χ2n) is 10.9. The number of benzene rings is 3. The van der Waals surface area contributed by atoms with Gasteiger partial charge in [-0.15, -0.1) is 0 Å². The molecule has 41 heavy (non-hydrogen) atoms. The standard InChI is InChI=1S/C32H33N5O4/c38-29-4-3-18-36(29)19-15-22-5-9-24(10-6-22)31(30-27-20-26(37(40)41)13-14-28(27)34-32(30)39)33-25-11-7-23(8-12-25)21-35-16-1-2-17-35/h5-14,20,33H,1-4,15-19,21H2,(H,34,39). The van der Waals surface area contributed by atoms with E-state index >= 15 is 0 Å². The van der Waals surface area contributed by atoms with E-state index in [1.807, 2.05) is 41.3 Å². The van der Waals surface area contributed by atoms with Crippen LogP contribution in [-0.2, 0) is 22.6 Å². The van der Waals surface area contributed by atoms with Crippen LogP contribution in [-0.4, -0.2) is 52.7 Å².